The van der Waals surface area contributed by atoms with Gasteiger partial charge < -0.3 is 21.3 Å². The van der Waals surface area contributed by atoms with Gasteiger partial charge in [0.25, 0.3) is 0 Å². The van der Waals surface area contributed by atoms with Crippen LogP contribution in [0.15, 0.2) is 0 Å². The van der Waals surface area contributed by atoms with Crippen LogP contribution in [0.5, 0.6) is 0 Å². The van der Waals surface area contributed by atoms with Crippen molar-refractivity contribution in [3.63, 3.8) is 0 Å². The van der Waals surface area contributed by atoms with Gasteiger partial charge in [-0.15, -0.1) is 0 Å². The third kappa shape index (κ3) is 3.86. The van der Waals surface area contributed by atoms with Gasteiger partial charge in [-0.25, -0.2) is 4.79 Å². The molecule has 0 radical (unpaired) electrons. The van der Waals surface area contributed by atoms with Gasteiger partial charge in [0.1, 0.15) is 6.04 Å². The molecule has 0 unspecified atom stereocenters. The number of nitrogens with one attached hydrogen (secondary N) is 1. The van der Waals surface area contributed by atoms with Crippen LogP contribution in [0.2, 0.25) is 0 Å². The van der Waals surface area contributed by atoms with Gasteiger partial charge >= 0.3 is 5.97 Å². The van der Waals surface area contributed by atoms with Crippen LogP contribution in [-0.4, -0.2) is 40.3 Å². The number of nitrogens with two attached hydrogens (primary N) is 1. The van der Waals surface area contributed by atoms with E-state index in [1.54, 1.807) is 0 Å². The minimum Gasteiger partial charge on any atom is -0.480 e. The van der Waals surface area contributed by atoms with Gasteiger partial charge in [-0.3, -0.25) is 4.79 Å². The predicted octanol–water partition coefficient (Wildman–Crippen LogP) is -1.71. The SMILES string of the molecule is CC(C)(N)C(=O)N[C@H](CO)C(=O)O. The van der Waals surface area contributed by atoms with Crippen LogP contribution < -0.4 is 11.1 Å². The van der Waals surface area contributed by atoms with Crippen LogP contribution in [-0.2, 0) is 9.59 Å². The van der Waals surface area contributed by atoms with Gasteiger partial charge in [0, 0.05) is 0 Å². The number of aliphatic hydroxyl groups excluding tert-OH is 1. The Labute approximate surface area is 75.7 Å². The molecule has 0 fully saturated rings. The molecule has 0 aromatic carbocycles. The van der Waals surface area contributed by atoms with Crippen molar-refractivity contribution in [2.45, 2.75) is 25.4 Å². The lowest BCUT2D eigenvalue weighted by atomic mass is 10.1. The first kappa shape index (κ1) is 11.9. The Balaban J connectivity index is 4.26. The van der Waals surface area contributed by atoms with Crippen molar-refractivity contribution in [2.24, 2.45) is 5.73 Å². The zero-order valence-electron chi connectivity index (χ0n) is 7.57. The van der Waals surface area contributed by atoms with E-state index in [2.05, 4.69) is 5.32 Å². The standard InChI is InChI=1S/C7H14N2O4/c1-7(2,8)6(13)9-4(3-10)5(11)12/h4,10H,3,8H2,1-2H3,(H,9,13)(H,11,12)/t4-/m1/s1. The van der Waals surface area contributed by atoms with Crippen molar-refractivity contribution in [1.29, 1.82) is 0 Å². The maximum absolute atomic E-state index is 11.1. The molecular formula is C7H14N2O4. The Hall–Kier alpha value is -1.14. The number of aliphatic carboxylic acids is 1. The molecule has 0 aliphatic carbocycles. The average Bonchev–Trinajstić information content (AvgIpc) is 1.96. The Kier molecular flexibility index (Phi) is 3.83. The van der Waals surface area contributed by atoms with E-state index in [0.29, 0.717) is 0 Å². The second-order valence-electron chi connectivity index (χ2n) is 3.27. The number of hydrogen-bond acceptors (Lipinski definition) is 4. The zero-order valence-corrected chi connectivity index (χ0v) is 7.57. The number of hydrogen-bond donors (Lipinski definition) is 4. The molecule has 0 aliphatic heterocycles. The quantitative estimate of drug-likeness (QED) is 0.421. The number of carbonyl (C=O) groups excluding carboxylic acids is 1. The molecule has 76 valence electrons. The average molecular weight is 190 g/mol. The largest absolute Gasteiger partial charge is 0.480 e. The fourth-order valence-electron chi connectivity index (χ4n) is 0.530. The number of carboxylic acid groups (broad SMARTS) is 1. The van der Waals surface area contributed by atoms with Crippen LogP contribution >= 0.6 is 0 Å². The molecular weight excluding hydrogens is 176 g/mol. The number of carbonyl (C=O) groups is 2. The summed E-state index contributed by atoms with van der Waals surface area (Å²) < 4.78 is 0. The van der Waals surface area contributed by atoms with Crippen LogP contribution in [0.1, 0.15) is 13.8 Å². The highest BCUT2D eigenvalue weighted by Gasteiger charge is 2.27. The topological polar surface area (TPSA) is 113 Å². The molecule has 0 aromatic heterocycles. The molecule has 0 spiro atoms. The lowest BCUT2D eigenvalue weighted by Gasteiger charge is -2.20. The summed E-state index contributed by atoms with van der Waals surface area (Å²) in [7, 11) is 0. The summed E-state index contributed by atoms with van der Waals surface area (Å²) in [6.45, 7) is 2.23. The third-order valence-electron chi connectivity index (χ3n) is 1.37. The van der Waals surface area contributed by atoms with Gasteiger partial charge in [-0.1, -0.05) is 0 Å². The van der Waals surface area contributed by atoms with E-state index < -0.39 is 30.1 Å². The Morgan fingerprint density at radius 1 is 1.54 bits per heavy atom. The first-order valence-electron chi connectivity index (χ1n) is 3.72. The fraction of sp³-hybridized carbons (Fsp3) is 0.714. The lowest BCUT2D eigenvalue weighted by Crippen LogP contribution is -2.55. The second-order valence-corrected chi connectivity index (χ2v) is 3.27. The van der Waals surface area contributed by atoms with Gasteiger partial charge in [-0.2, -0.15) is 0 Å². The molecule has 13 heavy (non-hydrogen) atoms. The maximum Gasteiger partial charge on any atom is 0.328 e. The number of aliphatic hydroxyl groups is 1. The first-order valence-corrected chi connectivity index (χ1v) is 3.72. The molecule has 1 amide bonds. The third-order valence-corrected chi connectivity index (χ3v) is 1.37. The number of carboxylic acids is 1. The van der Waals surface area contributed by atoms with E-state index in [1.165, 1.54) is 13.8 Å². The molecule has 0 bridgehead atoms. The highest BCUT2D eigenvalue weighted by molar-refractivity contribution is 5.89. The summed E-state index contributed by atoms with van der Waals surface area (Å²) in [5.74, 6) is -1.91. The Morgan fingerprint density at radius 2 is 2.00 bits per heavy atom. The van der Waals surface area contributed by atoms with Crippen molar-refractivity contribution in [3.05, 3.63) is 0 Å². The van der Waals surface area contributed by atoms with Crippen LogP contribution in [0.25, 0.3) is 0 Å². The minimum absolute atomic E-state index is 0.617. The monoisotopic (exact) mass is 190 g/mol. The molecule has 0 saturated heterocycles. The highest BCUT2D eigenvalue weighted by atomic mass is 16.4. The summed E-state index contributed by atoms with van der Waals surface area (Å²) in [5.41, 5.74) is 4.25. The van der Waals surface area contributed by atoms with E-state index in [9.17, 15) is 9.59 Å². The van der Waals surface area contributed by atoms with Crippen LogP contribution in [0.4, 0.5) is 0 Å². The minimum atomic E-state index is -1.30. The summed E-state index contributed by atoms with van der Waals surface area (Å²) >= 11 is 0. The summed E-state index contributed by atoms with van der Waals surface area (Å²) in [6, 6.07) is -1.30. The lowest BCUT2D eigenvalue weighted by molar-refractivity contribution is -0.143. The van der Waals surface area contributed by atoms with Gasteiger partial charge in [0.15, 0.2) is 0 Å². The Bertz CT molecular complexity index is 209. The zero-order chi connectivity index (χ0) is 10.6. The second kappa shape index (κ2) is 4.20. The summed E-state index contributed by atoms with van der Waals surface area (Å²) in [5, 5.41) is 19.1. The van der Waals surface area contributed by atoms with E-state index in [0.717, 1.165) is 0 Å². The van der Waals surface area contributed by atoms with Gasteiger partial charge in [0.2, 0.25) is 5.91 Å². The molecule has 0 aliphatic rings. The molecule has 0 aromatic rings. The summed E-state index contributed by atoms with van der Waals surface area (Å²) in [4.78, 5) is 21.5. The first-order chi connectivity index (χ1) is 5.79. The number of amides is 1. The molecule has 6 heteroatoms. The molecule has 0 rings (SSSR count). The molecule has 1 atom stereocenters. The molecule has 0 heterocycles. The van der Waals surface area contributed by atoms with Crippen molar-refractivity contribution >= 4 is 11.9 Å². The van der Waals surface area contributed by atoms with Crippen molar-refractivity contribution in [2.75, 3.05) is 6.61 Å². The normalized spacial score (nSPS) is 13.5. The molecule has 0 saturated carbocycles. The van der Waals surface area contributed by atoms with E-state index in [4.69, 9.17) is 15.9 Å². The summed E-state index contributed by atoms with van der Waals surface area (Å²) in [6.07, 6.45) is 0. The van der Waals surface area contributed by atoms with E-state index in [-0.39, 0.29) is 0 Å². The van der Waals surface area contributed by atoms with Crippen molar-refractivity contribution in [3.8, 4) is 0 Å². The molecule has 6 nitrogen and oxygen atoms in total. The van der Waals surface area contributed by atoms with Gasteiger partial charge in [0.05, 0.1) is 12.1 Å². The number of rotatable bonds is 4. The molecule has 5 N–H and O–H groups in total. The Morgan fingerprint density at radius 3 is 2.23 bits per heavy atom. The smallest absolute Gasteiger partial charge is 0.328 e. The van der Waals surface area contributed by atoms with E-state index in [1.807, 2.05) is 0 Å². The van der Waals surface area contributed by atoms with Crippen LogP contribution in [0, 0.1) is 0 Å². The predicted molar refractivity (Wildman–Crippen MR) is 44.9 cm³/mol. The van der Waals surface area contributed by atoms with E-state index >= 15 is 0 Å². The fourth-order valence-corrected chi connectivity index (χ4v) is 0.530. The maximum atomic E-state index is 11.1. The van der Waals surface area contributed by atoms with Crippen LogP contribution in [0.3, 0.4) is 0 Å². The highest BCUT2D eigenvalue weighted by Crippen LogP contribution is 1.97. The van der Waals surface area contributed by atoms with Gasteiger partial charge in [-0.05, 0) is 13.8 Å². The van der Waals surface area contributed by atoms with Crippen molar-refractivity contribution < 1.29 is 19.8 Å². The van der Waals surface area contributed by atoms with Crippen molar-refractivity contribution in [1.82, 2.24) is 5.32 Å².